The zero-order valence-electron chi connectivity index (χ0n) is 33.7. The number of carbonyl (C=O) groups is 1. The molecule has 0 saturated carbocycles. The zero-order chi connectivity index (χ0) is 37.2. The molecule has 3 atom stereocenters. The van der Waals surface area contributed by atoms with Crippen LogP contribution in [0.5, 0.6) is 0 Å². The van der Waals surface area contributed by atoms with Gasteiger partial charge in [-0.15, -0.1) is 0 Å². The monoisotopic (exact) mass is 732 g/mol. The van der Waals surface area contributed by atoms with Gasteiger partial charge in [-0.2, -0.15) is 0 Å². The van der Waals surface area contributed by atoms with E-state index in [-0.39, 0.29) is 19.1 Å². The first-order chi connectivity index (χ1) is 24.0. The number of aliphatic hydroxyl groups excluding tert-OH is 1. The second-order valence-corrected chi connectivity index (χ2v) is 17.2. The molecule has 0 bridgehead atoms. The molecule has 50 heavy (non-hydrogen) atoms. The Kier molecular flexibility index (Phi) is 33.5. The van der Waals surface area contributed by atoms with Crippen molar-refractivity contribution in [2.75, 3.05) is 40.9 Å². The first kappa shape index (κ1) is 49.2. The number of nitrogens with one attached hydrogen (secondary N) is 1. The summed E-state index contributed by atoms with van der Waals surface area (Å²) in [5, 5.41) is 13.8. The van der Waals surface area contributed by atoms with E-state index in [1.807, 2.05) is 27.2 Å². The standard InChI is InChI=1S/C41H83N2O6P/c1-6-8-10-12-14-16-18-20-21-23-25-27-29-31-33-35-41(45)42-39(38-49-50(46,47)48-37-36-43(3,4)5)40(44)34-32-30-28-26-24-22-19-17-15-13-11-9-7-2/h32,34,39-40,44H,6-31,33,35-38H2,1-5H3,(H-,42,45,46,47)/p+1/b34-32+/t39-,40+/m0/s1. The van der Waals surface area contributed by atoms with Crippen molar-refractivity contribution in [1.82, 2.24) is 5.32 Å². The molecule has 1 amide bonds. The molecule has 8 nitrogen and oxygen atoms in total. The van der Waals surface area contributed by atoms with Crippen LogP contribution >= 0.6 is 7.82 Å². The molecule has 0 aromatic rings. The lowest BCUT2D eigenvalue weighted by Gasteiger charge is -2.25. The highest BCUT2D eigenvalue weighted by atomic mass is 31.2. The molecule has 0 rings (SSSR count). The van der Waals surface area contributed by atoms with E-state index in [1.54, 1.807) is 6.08 Å². The fraction of sp³-hybridized carbons (Fsp3) is 0.927. The maximum absolute atomic E-state index is 12.8. The van der Waals surface area contributed by atoms with Gasteiger partial charge in [0.05, 0.1) is 39.9 Å². The van der Waals surface area contributed by atoms with Gasteiger partial charge in [0.2, 0.25) is 5.91 Å². The molecular weight excluding hydrogens is 647 g/mol. The summed E-state index contributed by atoms with van der Waals surface area (Å²) in [6.45, 7) is 4.81. The van der Waals surface area contributed by atoms with Crippen LogP contribution in [0.1, 0.15) is 194 Å². The normalized spacial score (nSPS) is 14.6. The lowest BCUT2D eigenvalue weighted by Crippen LogP contribution is -2.45. The summed E-state index contributed by atoms with van der Waals surface area (Å²) >= 11 is 0. The fourth-order valence-corrected chi connectivity index (χ4v) is 6.84. The predicted molar refractivity (Wildman–Crippen MR) is 212 cm³/mol. The summed E-state index contributed by atoms with van der Waals surface area (Å²) in [5.41, 5.74) is 0. The maximum atomic E-state index is 12.8. The number of amides is 1. The van der Waals surface area contributed by atoms with Gasteiger partial charge < -0.3 is 19.8 Å². The van der Waals surface area contributed by atoms with Crippen LogP contribution in [0, 0.1) is 0 Å². The molecule has 0 aromatic carbocycles. The van der Waals surface area contributed by atoms with Crippen molar-refractivity contribution in [3.8, 4) is 0 Å². The number of hydrogen-bond acceptors (Lipinski definition) is 5. The molecular formula is C41H84N2O6P+. The maximum Gasteiger partial charge on any atom is 0.472 e. The van der Waals surface area contributed by atoms with E-state index in [1.165, 1.54) is 135 Å². The summed E-state index contributed by atoms with van der Waals surface area (Å²) < 4.78 is 23.5. The molecule has 0 fully saturated rings. The lowest BCUT2D eigenvalue weighted by molar-refractivity contribution is -0.870. The van der Waals surface area contributed by atoms with Gasteiger partial charge >= 0.3 is 7.82 Å². The van der Waals surface area contributed by atoms with Crippen molar-refractivity contribution >= 4 is 13.7 Å². The van der Waals surface area contributed by atoms with E-state index in [9.17, 15) is 19.4 Å². The third-order valence-electron chi connectivity index (χ3n) is 9.51. The Morgan fingerprint density at radius 3 is 1.48 bits per heavy atom. The van der Waals surface area contributed by atoms with Crippen LogP contribution in [0.2, 0.25) is 0 Å². The van der Waals surface area contributed by atoms with Crippen LogP contribution in [0.15, 0.2) is 12.2 Å². The van der Waals surface area contributed by atoms with Crippen LogP contribution in [-0.2, 0) is 18.4 Å². The van der Waals surface area contributed by atoms with Crippen LogP contribution in [0.3, 0.4) is 0 Å². The molecule has 0 radical (unpaired) electrons. The van der Waals surface area contributed by atoms with E-state index >= 15 is 0 Å². The number of phosphoric acid groups is 1. The van der Waals surface area contributed by atoms with E-state index in [4.69, 9.17) is 9.05 Å². The molecule has 9 heteroatoms. The van der Waals surface area contributed by atoms with Crippen molar-refractivity contribution in [2.45, 2.75) is 206 Å². The highest BCUT2D eigenvalue weighted by Crippen LogP contribution is 2.43. The Balaban J connectivity index is 4.44. The third kappa shape index (κ3) is 35.6. The molecule has 0 aliphatic carbocycles. The molecule has 3 N–H and O–H groups in total. The van der Waals surface area contributed by atoms with Crippen molar-refractivity contribution in [3.63, 3.8) is 0 Å². The van der Waals surface area contributed by atoms with Gasteiger partial charge in [-0.3, -0.25) is 13.8 Å². The average molecular weight is 732 g/mol. The first-order valence-corrected chi connectivity index (χ1v) is 22.6. The Hall–Kier alpha value is -0.760. The molecule has 1 unspecified atom stereocenters. The van der Waals surface area contributed by atoms with Gasteiger partial charge in [0.15, 0.2) is 0 Å². The van der Waals surface area contributed by atoms with E-state index < -0.39 is 20.0 Å². The van der Waals surface area contributed by atoms with Crippen molar-refractivity contribution in [1.29, 1.82) is 0 Å². The minimum atomic E-state index is -4.33. The fourth-order valence-electron chi connectivity index (χ4n) is 6.10. The van der Waals surface area contributed by atoms with Gasteiger partial charge in [-0.05, 0) is 19.3 Å². The molecule has 0 heterocycles. The largest absolute Gasteiger partial charge is 0.472 e. The molecule has 0 spiro atoms. The number of quaternary nitrogens is 1. The molecule has 0 saturated heterocycles. The highest BCUT2D eigenvalue weighted by Gasteiger charge is 2.27. The summed E-state index contributed by atoms with van der Waals surface area (Å²) in [7, 11) is 1.58. The Bertz CT molecular complexity index is 834. The van der Waals surface area contributed by atoms with Crippen molar-refractivity contribution in [3.05, 3.63) is 12.2 Å². The Morgan fingerprint density at radius 2 is 1.06 bits per heavy atom. The number of likely N-dealkylation sites (N-methyl/N-ethyl adjacent to an activating group) is 1. The lowest BCUT2D eigenvalue weighted by atomic mass is 10.0. The number of unbranched alkanes of at least 4 members (excludes halogenated alkanes) is 25. The van der Waals surface area contributed by atoms with Gasteiger partial charge in [-0.1, -0.05) is 180 Å². The number of hydrogen-bond donors (Lipinski definition) is 3. The second kappa shape index (κ2) is 34.0. The topological polar surface area (TPSA) is 105 Å². The highest BCUT2D eigenvalue weighted by molar-refractivity contribution is 7.47. The van der Waals surface area contributed by atoms with Crippen LogP contribution in [0.4, 0.5) is 0 Å². The Labute approximate surface area is 310 Å². The van der Waals surface area contributed by atoms with Gasteiger partial charge in [0.25, 0.3) is 0 Å². The smallest absolute Gasteiger partial charge is 0.387 e. The van der Waals surface area contributed by atoms with Gasteiger partial charge in [-0.25, -0.2) is 4.57 Å². The van der Waals surface area contributed by atoms with E-state index in [0.29, 0.717) is 17.4 Å². The number of carbonyl (C=O) groups excluding carboxylic acids is 1. The average Bonchev–Trinajstić information content (AvgIpc) is 3.06. The summed E-state index contributed by atoms with van der Waals surface area (Å²) in [6, 6.07) is -0.838. The van der Waals surface area contributed by atoms with E-state index in [2.05, 4.69) is 19.2 Å². The van der Waals surface area contributed by atoms with Crippen LogP contribution < -0.4 is 5.32 Å². The zero-order valence-corrected chi connectivity index (χ0v) is 34.5. The second-order valence-electron chi connectivity index (χ2n) is 15.7. The van der Waals surface area contributed by atoms with Crippen molar-refractivity contribution in [2.24, 2.45) is 0 Å². The predicted octanol–water partition coefficient (Wildman–Crippen LogP) is 11.2. The van der Waals surface area contributed by atoms with Gasteiger partial charge in [0, 0.05) is 6.42 Å². The molecule has 0 aliphatic rings. The van der Waals surface area contributed by atoms with Crippen LogP contribution in [0.25, 0.3) is 0 Å². The molecule has 0 aromatic heterocycles. The minimum absolute atomic E-state index is 0.0644. The van der Waals surface area contributed by atoms with E-state index in [0.717, 1.165) is 38.5 Å². The number of phosphoric ester groups is 1. The summed E-state index contributed by atoms with van der Waals surface area (Å²) in [5.74, 6) is -0.176. The summed E-state index contributed by atoms with van der Waals surface area (Å²) in [4.78, 5) is 23.0. The third-order valence-corrected chi connectivity index (χ3v) is 10.5. The molecule has 0 aliphatic heterocycles. The number of nitrogens with zero attached hydrogens (tertiary/aromatic N) is 1. The minimum Gasteiger partial charge on any atom is -0.387 e. The number of allylic oxidation sites excluding steroid dienone is 1. The number of aliphatic hydroxyl groups is 1. The SMILES string of the molecule is CCCCCCCCCCCCC/C=C/[C@@H](O)[C@H](COP(=O)(O)OCC[N+](C)(C)C)NC(=O)CCCCCCCCCCCCCCCCC. The van der Waals surface area contributed by atoms with Crippen molar-refractivity contribution < 1.29 is 32.9 Å². The summed E-state index contributed by atoms with van der Waals surface area (Å²) in [6.07, 6.45) is 36.9. The quantitative estimate of drug-likeness (QED) is 0.0253. The van der Waals surface area contributed by atoms with Gasteiger partial charge in [0.1, 0.15) is 13.2 Å². The Morgan fingerprint density at radius 1 is 0.660 bits per heavy atom. The first-order valence-electron chi connectivity index (χ1n) is 21.1. The molecule has 298 valence electrons. The van der Waals surface area contributed by atoms with Crippen LogP contribution in [-0.4, -0.2) is 73.4 Å². The number of rotatable bonds is 38.